The molecular formula is C28H45ClN2O4. The smallest absolute Gasteiger partial charge is 0.307 e. The number of benzene rings is 1. The van der Waals surface area contributed by atoms with Crippen LogP contribution in [0.25, 0.3) is 0 Å². The zero-order valence-electron chi connectivity index (χ0n) is 21.8. The number of carbonyl (C=O) groups is 2. The van der Waals surface area contributed by atoms with E-state index in [0.29, 0.717) is 30.7 Å². The van der Waals surface area contributed by atoms with Gasteiger partial charge in [0.2, 0.25) is 5.91 Å². The van der Waals surface area contributed by atoms with Gasteiger partial charge in [-0.25, -0.2) is 0 Å². The maximum absolute atomic E-state index is 13.2. The van der Waals surface area contributed by atoms with E-state index in [2.05, 4.69) is 30.1 Å². The lowest BCUT2D eigenvalue weighted by molar-refractivity contribution is -0.143. The maximum Gasteiger partial charge on any atom is 0.307 e. The monoisotopic (exact) mass is 508 g/mol. The van der Waals surface area contributed by atoms with Gasteiger partial charge in [-0.1, -0.05) is 58.1 Å². The molecule has 2 fully saturated rings. The molecule has 3 unspecified atom stereocenters. The highest BCUT2D eigenvalue weighted by Crippen LogP contribution is 2.40. The van der Waals surface area contributed by atoms with Crippen molar-refractivity contribution < 1.29 is 19.4 Å². The van der Waals surface area contributed by atoms with E-state index in [0.717, 1.165) is 32.5 Å². The Morgan fingerprint density at radius 3 is 2.66 bits per heavy atom. The maximum atomic E-state index is 13.2. The van der Waals surface area contributed by atoms with E-state index in [9.17, 15) is 14.7 Å². The summed E-state index contributed by atoms with van der Waals surface area (Å²) >= 11 is 0. The molecule has 1 aromatic carbocycles. The predicted molar refractivity (Wildman–Crippen MR) is 142 cm³/mol. The van der Waals surface area contributed by atoms with E-state index in [4.69, 9.17) is 4.74 Å². The third kappa shape index (κ3) is 8.38. The zero-order valence-corrected chi connectivity index (χ0v) is 22.6. The number of ether oxygens (including phenoxy) is 1. The van der Waals surface area contributed by atoms with Gasteiger partial charge in [-0.2, -0.15) is 0 Å². The molecule has 1 saturated carbocycles. The Labute approximate surface area is 217 Å². The van der Waals surface area contributed by atoms with Crippen LogP contribution in [0.4, 0.5) is 0 Å². The first-order chi connectivity index (χ1) is 16.3. The first-order valence-corrected chi connectivity index (χ1v) is 13.3. The van der Waals surface area contributed by atoms with Gasteiger partial charge >= 0.3 is 5.97 Å². The van der Waals surface area contributed by atoms with Crippen molar-refractivity contribution in [1.29, 1.82) is 0 Å². The number of carbonyl (C=O) groups excluding carboxylic acids is 2. The molecule has 1 amide bonds. The molecule has 1 aliphatic heterocycles. The number of aromatic hydroxyl groups is 1. The Morgan fingerprint density at radius 2 is 2.00 bits per heavy atom. The summed E-state index contributed by atoms with van der Waals surface area (Å²) in [4.78, 5) is 27.3. The van der Waals surface area contributed by atoms with Gasteiger partial charge in [-0.3, -0.25) is 9.59 Å². The van der Waals surface area contributed by atoms with Gasteiger partial charge < -0.3 is 20.1 Å². The average molecular weight is 509 g/mol. The predicted octanol–water partition coefficient (Wildman–Crippen LogP) is 5.07. The van der Waals surface area contributed by atoms with Crippen molar-refractivity contribution in [2.45, 2.75) is 77.6 Å². The second-order valence-corrected chi connectivity index (χ2v) is 10.7. The van der Waals surface area contributed by atoms with Crippen molar-refractivity contribution in [2.75, 3.05) is 32.8 Å². The number of hydrogen-bond acceptors (Lipinski definition) is 5. The van der Waals surface area contributed by atoms with Crippen LogP contribution in [0, 0.1) is 17.8 Å². The van der Waals surface area contributed by atoms with E-state index >= 15 is 0 Å². The quantitative estimate of drug-likeness (QED) is 0.431. The third-order valence-electron chi connectivity index (χ3n) is 8.20. The van der Waals surface area contributed by atoms with Gasteiger partial charge in [0.25, 0.3) is 0 Å². The van der Waals surface area contributed by atoms with E-state index in [1.807, 2.05) is 12.1 Å². The Bertz CT molecular complexity index is 814. The molecule has 198 valence electrons. The highest BCUT2D eigenvalue weighted by molar-refractivity contribution is 5.85. The number of esters is 1. The lowest BCUT2D eigenvalue weighted by Gasteiger charge is -2.46. The van der Waals surface area contributed by atoms with E-state index < -0.39 is 0 Å². The number of phenolic OH excluding ortho intramolecular Hbond substituents is 1. The number of piperidine rings is 1. The highest BCUT2D eigenvalue weighted by atomic mass is 35.5. The summed E-state index contributed by atoms with van der Waals surface area (Å²) in [7, 11) is 0. The molecule has 6 nitrogen and oxygen atoms in total. The van der Waals surface area contributed by atoms with Crippen LogP contribution < -0.4 is 5.32 Å². The van der Waals surface area contributed by atoms with E-state index in [1.165, 1.54) is 37.7 Å². The standard InChI is InChI=1S/C28H44N2O4.ClH/c1-4-34-26(32)13-15-29-27(33)23(17-22-9-6-5-7-10-22)20-30-16-14-28(3,21(2)19-30)24-11-8-12-25(31)18-24;/h8,11-12,18,21-23,31H,4-7,9-10,13-17,19-20H2,1-3H3,(H,29,33);1H. The molecule has 1 aliphatic carbocycles. The van der Waals surface area contributed by atoms with Crippen molar-refractivity contribution in [2.24, 2.45) is 17.8 Å². The molecule has 35 heavy (non-hydrogen) atoms. The van der Waals surface area contributed by atoms with Gasteiger partial charge in [0.1, 0.15) is 5.75 Å². The largest absolute Gasteiger partial charge is 0.508 e. The first-order valence-electron chi connectivity index (χ1n) is 13.3. The van der Waals surface area contributed by atoms with Gasteiger partial charge in [0.05, 0.1) is 18.9 Å². The molecule has 0 aromatic heterocycles. The number of nitrogens with zero attached hydrogens (tertiary/aromatic N) is 1. The Morgan fingerprint density at radius 1 is 1.26 bits per heavy atom. The van der Waals surface area contributed by atoms with Crippen LogP contribution in [0.2, 0.25) is 0 Å². The number of amides is 1. The molecule has 1 aromatic rings. The van der Waals surface area contributed by atoms with Crippen molar-refractivity contribution in [1.82, 2.24) is 10.2 Å². The summed E-state index contributed by atoms with van der Waals surface area (Å²) in [6.07, 6.45) is 8.44. The lowest BCUT2D eigenvalue weighted by atomic mass is 9.68. The van der Waals surface area contributed by atoms with Gasteiger partial charge in [0, 0.05) is 19.6 Å². The summed E-state index contributed by atoms with van der Waals surface area (Å²) in [6.45, 7) is 9.72. The number of halogens is 1. The summed E-state index contributed by atoms with van der Waals surface area (Å²) in [5.41, 5.74) is 1.20. The van der Waals surface area contributed by atoms with Crippen LogP contribution in [0.1, 0.15) is 77.7 Å². The van der Waals surface area contributed by atoms with Gasteiger partial charge in [0.15, 0.2) is 0 Å². The normalized spacial score (nSPS) is 24.3. The van der Waals surface area contributed by atoms with E-state index in [1.54, 1.807) is 13.0 Å². The van der Waals surface area contributed by atoms with Crippen LogP contribution in [0.5, 0.6) is 5.75 Å². The number of phenols is 1. The minimum Gasteiger partial charge on any atom is -0.508 e. The third-order valence-corrected chi connectivity index (χ3v) is 8.20. The van der Waals surface area contributed by atoms with Crippen LogP contribution >= 0.6 is 12.4 Å². The molecule has 2 N–H and O–H groups in total. The molecule has 0 radical (unpaired) electrons. The summed E-state index contributed by atoms with van der Waals surface area (Å²) in [5, 5.41) is 13.0. The zero-order chi connectivity index (χ0) is 24.6. The fraction of sp³-hybridized carbons (Fsp3) is 0.714. The molecule has 2 aliphatic rings. The van der Waals surface area contributed by atoms with Gasteiger partial charge in [-0.05, 0) is 61.3 Å². The van der Waals surface area contributed by atoms with Gasteiger partial charge in [-0.15, -0.1) is 12.4 Å². The molecule has 0 spiro atoms. The molecule has 0 bridgehead atoms. The van der Waals surface area contributed by atoms with Crippen LogP contribution in [-0.4, -0.2) is 54.7 Å². The van der Waals surface area contributed by atoms with Crippen molar-refractivity contribution in [3.05, 3.63) is 29.8 Å². The molecule has 3 rings (SSSR count). The van der Waals surface area contributed by atoms with Crippen molar-refractivity contribution in [3.8, 4) is 5.75 Å². The van der Waals surface area contributed by atoms with Crippen LogP contribution in [0.3, 0.4) is 0 Å². The minimum atomic E-state index is -0.261. The molecule has 7 heteroatoms. The second-order valence-electron chi connectivity index (χ2n) is 10.7. The fourth-order valence-corrected chi connectivity index (χ4v) is 5.84. The lowest BCUT2D eigenvalue weighted by Crippen LogP contribution is -2.50. The minimum absolute atomic E-state index is 0. The summed E-state index contributed by atoms with van der Waals surface area (Å²) in [6, 6.07) is 7.67. The van der Waals surface area contributed by atoms with Crippen molar-refractivity contribution >= 4 is 24.3 Å². The fourth-order valence-electron chi connectivity index (χ4n) is 5.84. The number of hydrogen-bond donors (Lipinski definition) is 2. The Kier molecular flexibility index (Phi) is 11.8. The highest BCUT2D eigenvalue weighted by Gasteiger charge is 2.39. The van der Waals surface area contributed by atoms with Crippen LogP contribution in [-0.2, 0) is 19.7 Å². The Hall–Kier alpha value is -1.79. The first kappa shape index (κ1) is 29.4. The summed E-state index contributed by atoms with van der Waals surface area (Å²) in [5.74, 6) is 1.11. The summed E-state index contributed by atoms with van der Waals surface area (Å²) < 4.78 is 4.99. The number of rotatable bonds is 10. The number of likely N-dealkylation sites (tertiary alicyclic amines) is 1. The SMILES string of the molecule is CCOC(=O)CCNC(=O)C(CC1CCCCC1)CN1CCC(C)(c2cccc(O)c2)C(C)C1.Cl. The average Bonchev–Trinajstić information content (AvgIpc) is 2.82. The number of nitrogens with one attached hydrogen (secondary N) is 1. The molecular weight excluding hydrogens is 464 g/mol. The molecule has 1 saturated heterocycles. The Balaban J connectivity index is 0.00000432. The second kappa shape index (κ2) is 14.1. The van der Waals surface area contributed by atoms with Crippen molar-refractivity contribution in [3.63, 3.8) is 0 Å². The van der Waals surface area contributed by atoms with Crippen LogP contribution in [0.15, 0.2) is 24.3 Å². The molecule has 1 heterocycles. The topological polar surface area (TPSA) is 78.9 Å². The van der Waals surface area contributed by atoms with E-state index in [-0.39, 0.29) is 42.0 Å². The molecule has 3 atom stereocenters.